The molecule has 2 heterocycles. The van der Waals surface area contributed by atoms with Crippen LogP contribution in [0.25, 0.3) is 0 Å². The second-order valence-electron chi connectivity index (χ2n) is 3.87. The highest BCUT2D eigenvalue weighted by molar-refractivity contribution is 5.85. The van der Waals surface area contributed by atoms with Gasteiger partial charge < -0.3 is 20.1 Å². The van der Waals surface area contributed by atoms with Crippen molar-refractivity contribution in [2.24, 2.45) is 7.05 Å². The minimum absolute atomic E-state index is 0.0233. The lowest BCUT2D eigenvalue weighted by molar-refractivity contribution is -0.122. The summed E-state index contributed by atoms with van der Waals surface area (Å²) in [5.41, 5.74) is 0. The zero-order valence-corrected chi connectivity index (χ0v) is 9.60. The monoisotopic (exact) mass is 223 g/mol. The molecule has 1 unspecified atom stereocenters. The van der Waals surface area contributed by atoms with Crippen LogP contribution in [-0.2, 0) is 11.8 Å². The number of piperazine rings is 1. The number of aryl methyl sites for hydroxylation is 1. The van der Waals surface area contributed by atoms with E-state index < -0.39 is 0 Å². The van der Waals surface area contributed by atoms with Crippen LogP contribution < -0.4 is 15.5 Å². The number of nitrogens with zero attached hydrogens (tertiary/aromatic N) is 3. The molecule has 0 aromatic carbocycles. The van der Waals surface area contributed by atoms with E-state index in [4.69, 9.17) is 0 Å². The molecule has 1 aliphatic heterocycles. The molecule has 0 bridgehead atoms. The Morgan fingerprint density at radius 2 is 2.50 bits per heavy atom. The zero-order chi connectivity index (χ0) is 11.5. The van der Waals surface area contributed by atoms with Crippen LogP contribution in [-0.4, -0.2) is 48.2 Å². The Balaban J connectivity index is 2.23. The number of nitrogens with one attached hydrogen (secondary N) is 2. The highest BCUT2D eigenvalue weighted by Crippen LogP contribution is 2.15. The van der Waals surface area contributed by atoms with E-state index in [1.54, 1.807) is 13.2 Å². The number of likely N-dealkylation sites (N-methyl/N-ethyl adjacent to an activating group) is 1. The summed E-state index contributed by atoms with van der Waals surface area (Å²) in [6, 6.07) is -0.181. The molecule has 1 fully saturated rings. The van der Waals surface area contributed by atoms with Gasteiger partial charge in [-0.15, -0.1) is 0 Å². The van der Waals surface area contributed by atoms with Gasteiger partial charge in [0, 0.05) is 46.1 Å². The Kier molecular flexibility index (Phi) is 3.09. The second kappa shape index (κ2) is 4.52. The van der Waals surface area contributed by atoms with Gasteiger partial charge in [0.2, 0.25) is 11.9 Å². The summed E-state index contributed by atoms with van der Waals surface area (Å²) in [5, 5.41) is 5.91. The van der Waals surface area contributed by atoms with Crippen LogP contribution in [0.15, 0.2) is 12.4 Å². The molecule has 6 nitrogen and oxygen atoms in total. The summed E-state index contributed by atoms with van der Waals surface area (Å²) >= 11 is 0. The average molecular weight is 223 g/mol. The minimum Gasteiger partial charge on any atom is -0.357 e. The van der Waals surface area contributed by atoms with Crippen LogP contribution in [0.3, 0.4) is 0 Å². The van der Waals surface area contributed by atoms with E-state index in [1.807, 2.05) is 22.7 Å². The molecular weight excluding hydrogens is 206 g/mol. The fourth-order valence-corrected chi connectivity index (χ4v) is 1.98. The molecule has 0 spiro atoms. The molecular formula is C10H17N5O. The fourth-order valence-electron chi connectivity index (χ4n) is 1.98. The van der Waals surface area contributed by atoms with E-state index >= 15 is 0 Å². The van der Waals surface area contributed by atoms with E-state index in [1.165, 1.54) is 0 Å². The molecule has 0 saturated carbocycles. The number of carbonyl (C=O) groups excluding carboxylic acids is 1. The van der Waals surface area contributed by atoms with Crippen molar-refractivity contribution in [2.45, 2.75) is 6.04 Å². The minimum atomic E-state index is -0.181. The molecule has 1 aromatic heterocycles. The molecule has 88 valence electrons. The number of anilines is 1. The van der Waals surface area contributed by atoms with Gasteiger partial charge in [-0.1, -0.05) is 0 Å². The van der Waals surface area contributed by atoms with Crippen LogP contribution in [0.5, 0.6) is 0 Å². The maximum Gasteiger partial charge on any atom is 0.243 e. The number of aromatic nitrogens is 2. The highest BCUT2D eigenvalue weighted by Gasteiger charge is 2.29. The van der Waals surface area contributed by atoms with Gasteiger partial charge in [-0.05, 0) is 0 Å². The van der Waals surface area contributed by atoms with Crippen molar-refractivity contribution in [2.75, 3.05) is 31.6 Å². The lowest BCUT2D eigenvalue weighted by atomic mass is 10.2. The number of amides is 1. The van der Waals surface area contributed by atoms with Crippen molar-refractivity contribution in [3.05, 3.63) is 12.4 Å². The molecule has 1 aromatic rings. The number of rotatable bonds is 2. The molecule has 1 aliphatic rings. The first-order chi connectivity index (χ1) is 7.74. The number of imidazole rings is 1. The normalized spacial score (nSPS) is 20.9. The summed E-state index contributed by atoms with van der Waals surface area (Å²) in [5.74, 6) is 0.866. The molecule has 1 amide bonds. The van der Waals surface area contributed by atoms with Crippen molar-refractivity contribution >= 4 is 11.9 Å². The molecule has 2 N–H and O–H groups in total. The first-order valence-corrected chi connectivity index (χ1v) is 5.40. The fraction of sp³-hybridized carbons (Fsp3) is 0.600. The SMILES string of the molecule is CNC(=O)C1CNCCN1c1nccn1C. The highest BCUT2D eigenvalue weighted by atomic mass is 16.2. The van der Waals surface area contributed by atoms with Crippen molar-refractivity contribution < 1.29 is 4.79 Å². The Hall–Kier alpha value is -1.56. The lowest BCUT2D eigenvalue weighted by Gasteiger charge is -2.35. The van der Waals surface area contributed by atoms with E-state index in [0.717, 1.165) is 19.0 Å². The van der Waals surface area contributed by atoms with Gasteiger partial charge in [0.05, 0.1) is 0 Å². The third kappa shape index (κ3) is 1.88. The Morgan fingerprint density at radius 3 is 3.12 bits per heavy atom. The third-order valence-electron chi connectivity index (χ3n) is 2.85. The van der Waals surface area contributed by atoms with Crippen molar-refractivity contribution in [1.29, 1.82) is 0 Å². The van der Waals surface area contributed by atoms with E-state index in [9.17, 15) is 4.79 Å². The number of hydrogen-bond donors (Lipinski definition) is 2. The van der Waals surface area contributed by atoms with Gasteiger partial charge >= 0.3 is 0 Å². The Labute approximate surface area is 94.6 Å². The third-order valence-corrected chi connectivity index (χ3v) is 2.85. The summed E-state index contributed by atoms with van der Waals surface area (Å²) < 4.78 is 1.93. The van der Waals surface area contributed by atoms with Crippen LogP contribution in [0, 0.1) is 0 Å². The van der Waals surface area contributed by atoms with Crippen LogP contribution in [0.2, 0.25) is 0 Å². The van der Waals surface area contributed by atoms with Crippen molar-refractivity contribution in [3.8, 4) is 0 Å². The van der Waals surface area contributed by atoms with E-state index in [0.29, 0.717) is 6.54 Å². The summed E-state index contributed by atoms with van der Waals surface area (Å²) in [7, 11) is 3.60. The largest absolute Gasteiger partial charge is 0.357 e. The van der Waals surface area contributed by atoms with E-state index in [-0.39, 0.29) is 11.9 Å². The van der Waals surface area contributed by atoms with Crippen molar-refractivity contribution in [3.63, 3.8) is 0 Å². The standard InChI is InChI=1S/C10H17N5O/c1-11-9(16)8-7-12-3-6-15(8)10-13-4-5-14(10)2/h4-5,8,12H,3,6-7H2,1-2H3,(H,11,16). The zero-order valence-electron chi connectivity index (χ0n) is 9.60. The molecule has 0 radical (unpaired) electrons. The molecule has 0 aliphatic carbocycles. The lowest BCUT2D eigenvalue weighted by Crippen LogP contribution is -2.58. The van der Waals surface area contributed by atoms with Crippen molar-refractivity contribution in [1.82, 2.24) is 20.2 Å². The van der Waals surface area contributed by atoms with Crippen LogP contribution in [0.1, 0.15) is 0 Å². The summed E-state index contributed by atoms with van der Waals surface area (Å²) in [4.78, 5) is 18.1. The maximum absolute atomic E-state index is 11.8. The van der Waals surface area contributed by atoms with Gasteiger partial charge in [0.25, 0.3) is 0 Å². The first-order valence-electron chi connectivity index (χ1n) is 5.40. The molecule has 6 heteroatoms. The van der Waals surface area contributed by atoms with Gasteiger partial charge in [-0.2, -0.15) is 0 Å². The predicted octanol–water partition coefficient (Wildman–Crippen LogP) is -1.06. The number of hydrogen-bond acceptors (Lipinski definition) is 4. The Morgan fingerprint density at radius 1 is 1.69 bits per heavy atom. The van der Waals surface area contributed by atoms with Gasteiger partial charge in [-0.3, -0.25) is 4.79 Å². The quantitative estimate of drug-likeness (QED) is 0.671. The summed E-state index contributed by atoms with van der Waals surface area (Å²) in [6.07, 6.45) is 3.64. The molecule has 1 saturated heterocycles. The molecule has 1 atom stereocenters. The topological polar surface area (TPSA) is 62.2 Å². The van der Waals surface area contributed by atoms with E-state index in [2.05, 4.69) is 15.6 Å². The van der Waals surface area contributed by atoms with Crippen LogP contribution in [0.4, 0.5) is 5.95 Å². The van der Waals surface area contributed by atoms with Gasteiger partial charge in [0.15, 0.2) is 0 Å². The average Bonchev–Trinajstić information content (AvgIpc) is 2.74. The first kappa shape index (κ1) is 10.9. The van der Waals surface area contributed by atoms with Gasteiger partial charge in [-0.25, -0.2) is 4.98 Å². The van der Waals surface area contributed by atoms with Gasteiger partial charge in [0.1, 0.15) is 6.04 Å². The smallest absolute Gasteiger partial charge is 0.243 e. The second-order valence-corrected chi connectivity index (χ2v) is 3.87. The number of carbonyl (C=O) groups is 1. The molecule has 16 heavy (non-hydrogen) atoms. The predicted molar refractivity (Wildman–Crippen MR) is 61.3 cm³/mol. The maximum atomic E-state index is 11.8. The van der Waals surface area contributed by atoms with Crippen LogP contribution >= 0.6 is 0 Å². The Bertz CT molecular complexity index is 375. The molecule has 2 rings (SSSR count). The summed E-state index contributed by atoms with van der Waals surface area (Å²) in [6.45, 7) is 2.33.